The zero-order chi connectivity index (χ0) is 16.5. The number of nitriles is 1. The van der Waals surface area contributed by atoms with Crippen LogP contribution in [0, 0.1) is 10.7 Å². The summed E-state index contributed by atoms with van der Waals surface area (Å²) in [5, 5.41) is 10.8. The Labute approximate surface area is 142 Å². The largest absolute Gasteiger partial charge is 0.500 e. The molecule has 0 radical (unpaired) electrons. The molecule has 6 heteroatoms. The third-order valence-electron chi connectivity index (χ3n) is 3.25. The van der Waals surface area contributed by atoms with E-state index in [0.29, 0.717) is 19.8 Å². The molecule has 0 spiro atoms. The summed E-state index contributed by atoms with van der Waals surface area (Å²) in [6.45, 7) is 8.62. The van der Waals surface area contributed by atoms with Crippen molar-refractivity contribution in [3.63, 3.8) is 0 Å². The highest BCUT2D eigenvalue weighted by Crippen LogP contribution is 2.21. The van der Waals surface area contributed by atoms with Crippen LogP contribution in [0.2, 0.25) is 6.04 Å². The molecule has 0 aromatic rings. The topological polar surface area (TPSA) is 51.5 Å². The van der Waals surface area contributed by atoms with Gasteiger partial charge in [-0.25, -0.2) is 0 Å². The maximum atomic E-state index is 8.65. The first kappa shape index (κ1) is 21.9. The van der Waals surface area contributed by atoms with Crippen molar-refractivity contribution < 1.29 is 13.3 Å². The van der Waals surface area contributed by atoms with E-state index in [0.717, 1.165) is 56.7 Å². The van der Waals surface area contributed by atoms with Gasteiger partial charge in [-0.05, 0) is 37.4 Å². The highest BCUT2D eigenvalue weighted by Gasteiger charge is 2.40. The molecule has 0 unspecified atom stereocenters. The highest BCUT2D eigenvalue weighted by molar-refractivity contribution is 8.03. The zero-order valence-electron chi connectivity index (χ0n) is 14.6. The van der Waals surface area contributed by atoms with Crippen LogP contribution in [0.5, 0.6) is 0 Å². The molecule has 0 saturated carbocycles. The minimum atomic E-state index is -2.58. The van der Waals surface area contributed by atoms with Crippen molar-refractivity contribution in [3.8, 4) is 5.40 Å². The van der Waals surface area contributed by atoms with Crippen molar-refractivity contribution in [2.75, 3.05) is 25.6 Å². The molecule has 0 aliphatic rings. The van der Waals surface area contributed by atoms with Gasteiger partial charge in [0.25, 0.3) is 0 Å². The lowest BCUT2D eigenvalue weighted by molar-refractivity contribution is 0.0562. The molecule has 0 aliphatic carbocycles. The number of unbranched alkanes of at least 4 members (excludes halogenated alkanes) is 3. The lowest BCUT2D eigenvalue weighted by Crippen LogP contribution is -2.46. The Bertz CT molecular complexity index is 261. The third kappa shape index (κ3) is 11.5. The molecule has 0 fully saturated rings. The first-order valence-corrected chi connectivity index (χ1v) is 11.6. The van der Waals surface area contributed by atoms with Crippen LogP contribution in [-0.4, -0.2) is 34.4 Å². The summed E-state index contributed by atoms with van der Waals surface area (Å²) in [4.78, 5) is 0. The Kier molecular flexibility index (Phi) is 15.8. The molecule has 0 aliphatic heterocycles. The van der Waals surface area contributed by atoms with Gasteiger partial charge in [-0.1, -0.05) is 40.0 Å². The van der Waals surface area contributed by atoms with Gasteiger partial charge in [0.05, 0.1) is 0 Å². The number of rotatable bonds is 16. The fraction of sp³-hybridized carbons (Fsp3) is 0.938. The van der Waals surface area contributed by atoms with Crippen molar-refractivity contribution >= 4 is 20.6 Å². The van der Waals surface area contributed by atoms with Crippen molar-refractivity contribution in [2.45, 2.75) is 71.8 Å². The van der Waals surface area contributed by atoms with Crippen LogP contribution in [0.25, 0.3) is 0 Å². The average Bonchev–Trinajstić information content (AvgIpc) is 2.52. The molecule has 4 nitrogen and oxygen atoms in total. The molecular weight excluding hydrogens is 314 g/mol. The molecule has 22 heavy (non-hydrogen) atoms. The van der Waals surface area contributed by atoms with Gasteiger partial charge in [-0.2, -0.15) is 5.26 Å². The normalized spacial score (nSPS) is 11.5. The van der Waals surface area contributed by atoms with Crippen LogP contribution in [0.1, 0.15) is 65.7 Å². The predicted octanol–water partition coefficient (Wildman–Crippen LogP) is 4.98. The quantitative estimate of drug-likeness (QED) is 0.224. The highest BCUT2D eigenvalue weighted by atomic mass is 32.2. The molecule has 0 bridgehead atoms. The average molecular weight is 348 g/mol. The zero-order valence-corrected chi connectivity index (χ0v) is 16.4. The van der Waals surface area contributed by atoms with E-state index in [1.807, 2.05) is 0 Å². The lowest BCUT2D eigenvalue weighted by Gasteiger charge is -2.30. The number of hydrogen-bond donors (Lipinski definition) is 0. The number of thioether (sulfide) groups is 1. The first-order valence-electron chi connectivity index (χ1n) is 8.67. The minimum Gasteiger partial charge on any atom is -0.373 e. The van der Waals surface area contributed by atoms with Gasteiger partial charge in [0.2, 0.25) is 0 Å². The Morgan fingerprint density at radius 2 is 1.27 bits per heavy atom. The molecule has 0 saturated heterocycles. The van der Waals surface area contributed by atoms with Gasteiger partial charge >= 0.3 is 8.80 Å². The van der Waals surface area contributed by atoms with Gasteiger partial charge in [0.1, 0.15) is 5.40 Å². The monoisotopic (exact) mass is 347 g/mol. The fourth-order valence-corrected chi connectivity index (χ4v) is 5.16. The van der Waals surface area contributed by atoms with Gasteiger partial charge < -0.3 is 13.3 Å². The molecule has 0 atom stereocenters. The van der Waals surface area contributed by atoms with Crippen molar-refractivity contribution in [1.82, 2.24) is 0 Å². The van der Waals surface area contributed by atoms with E-state index < -0.39 is 8.80 Å². The Morgan fingerprint density at radius 3 is 1.64 bits per heavy atom. The van der Waals surface area contributed by atoms with Crippen LogP contribution in [-0.2, 0) is 13.3 Å². The van der Waals surface area contributed by atoms with E-state index >= 15 is 0 Å². The van der Waals surface area contributed by atoms with E-state index in [1.165, 1.54) is 11.8 Å². The van der Waals surface area contributed by atoms with Gasteiger partial charge in [0, 0.05) is 31.6 Å². The van der Waals surface area contributed by atoms with Crippen LogP contribution in [0.4, 0.5) is 0 Å². The molecule has 0 rings (SSSR count). The van der Waals surface area contributed by atoms with Crippen LogP contribution in [0.15, 0.2) is 0 Å². The van der Waals surface area contributed by atoms with E-state index in [-0.39, 0.29) is 0 Å². The summed E-state index contributed by atoms with van der Waals surface area (Å²) >= 11 is 1.29. The van der Waals surface area contributed by atoms with Crippen LogP contribution < -0.4 is 0 Å². The molecule has 0 heterocycles. The first-order chi connectivity index (χ1) is 10.7. The van der Waals surface area contributed by atoms with Crippen molar-refractivity contribution in [2.24, 2.45) is 0 Å². The Morgan fingerprint density at radius 1 is 0.818 bits per heavy atom. The summed E-state index contributed by atoms with van der Waals surface area (Å²) in [7, 11) is -2.58. The summed E-state index contributed by atoms with van der Waals surface area (Å²) in [6, 6.07) is 0.818. The number of thiocyanates is 1. The van der Waals surface area contributed by atoms with E-state index in [2.05, 4.69) is 26.2 Å². The second kappa shape index (κ2) is 15.8. The molecule has 0 aromatic heterocycles. The molecule has 0 N–H and O–H groups in total. The van der Waals surface area contributed by atoms with Crippen LogP contribution >= 0.6 is 11.8 Å². The summed E-state index contributed by atoms with van der Waals surface area (Å²) < 4.78 is 18.4. The maximum absolute atomic E-state index is 8.65. The summed E-state index contributed by atoms with van der Waals surface area (Å²) in [5.41, 5.74) is 0. The van der Waals surface area contributed by atoms with Crippen LogP contribution in [0.3, 0.4) is 0 Å². The maximum Gasteiger partial charge on any atom is 0.500 e. The van der Waals surface area contributed by atoms with Gasteiger partial charge in [0.15, 0.2) is 0 Å². The standard InChI is InChI=1S/C16H33NO3SSi/c1-4-7-11-18-22(19-12-8-5-2,20-13-9-6-3)15-10-14-21-16-17/h4-15H2,1-3H3. The van der Waals surface area contributed by atoms with E-state index in [9.17, 15) is 0 Å². The fourth-order valence-electron chi connectivity index (χ4n) is 1.86. The molecule has 0 aromatic carbocycles. The lowest BCUT2D eigenvalue weighted by atomic mass is 10.4. The summed E-state index contributed by atoms with van der Waals surface area (Å²) in [5.74, 6) is 0.816. The molecular formula is C16H33NO3SSi. The number of nitrogens with zero attached hydrogens (tertiary/aromatic N) is 1. The van der Waals surface area contributed by atoms with E-state index in [4.69, 9.17) is 18.5 Å². The third-order valence-corrected chi connectivity index (χ3v) is 6.77. The molecule has 130 valence electrons. The minimum absolute atomic E-state index is 0.715. The molecule has 0 amide bonds. The van der Waals surface area contributed by atoms with Crippen molar-refractivity contribution in [1.29, 1.82) is 5.26 Å². The smallest absolute Gasteiger partial charge is 0.373 e. The van der Waals surface area contributed by atoms with Gasteiger partial charge in [-0.3, -0.25) is 0 Å². The second-order valence-electron chi connectivity index (χ2n) is 5.33. The predicted molar refractivity (Wildman–Crippen MR) is 95.8 cm³/mol. The van der Waals surface area contributed by atoms with Crippen molar-refractivity contribution in [3.05, 3.63) is 0 Å². The number of hydrogen-bond acceptors (Lipinski definition) is 5. The second-order valence-corrected chi connectivity index (χ2v) is 8.94. The van der Waals surface area contributed by atoms with Gasteiger partial charge in [-0.15, -0.1) is 0 Å². The SMILES string of the molecule is CCCCO[Si](CCCSC#N)(OCCCC)OCCCC. The Balaban J connectivity index is 4.57. The summed E-state index contributed by atoms with van der Waals surface area (Å²) in [6.07, 6.45) is 7.35. The van der Waals surface area contributed by atoms with E-state index in [1.54, 1.807) is 0 Å². The Hall–Kier alpha value is -0.0631.